The van der Waals surface area contributed by atoms with Crippen molar-refractivity contribution in [2.24, 2.45) is 0 Å². The van der Waals surface area contributed by atoms with Crippen LogP contribution in [0.1, 0.15) is 17.7 Å². The van der Waals surface area contributed by atoms with E-state index >= 15 is 0 Å². The second kappa shape index (κ2) is 8.56. The van der Waals surface area contributed by atoms with Crippen molar-refractivity contribution >= 4 is 5.95 Å². The smallest absolute Gasteiger partial charge is 0.274 e. The summed E-state index contributed by atoms with van der Waals surface area (Å²) >= 11 is 0. The van der Waals surface area contributed by atoms with E-state index in [4.69, 9.17) is 4.74 Å². The third-order valence-electron chi connectivity index (χ3n) is 4.03. The van der Waals surface area contributed by atoms with E-state index in [1.807, 2.05) is 30.3 Å². The molecule has 0 saturated carbocycles. The van der Waals surface area contributed by atoms with Crippen molar-refractivity contribution in [3.63, 3.8) is 0 Å². The van der Waals surface area contributed by atoms with Gasteiger partial charge in [-0.05, 0) is 18.5 Å². The minimum absolute atomic E-state index is 0.190. The first-order valence-electron chi connectivity index (χ1n) is 8.35. The largest absolute Gasteiger partial charge is 0.379 e. The van der Waals surface area contributed by atoms with E-state index in [1.165, 1.54) is 0 Å². The number of nitrogens with zero attached hydrogens (tertiary/aromatic N) is 3. The van der Waals surface area contributed by atoms with Crippen LogP contribution < -0.4 is 10.9 Å². The second-order valence-corrected chi connectivity index (χ2v) is 5.85. The Hall–Kier alpha value is -2.25. The summed E-state index contributed by atoms with van der Waals surface area (Å²) in [5.74, 6) is 0.429. The van der Waals surface area contributed by atoms with Crippen LogP contribution in [0.15, 0.2) is 35.1 Å². The Labute approximate surface area is 141 Å². The molecule has 1 saturated heterocycles. The average molecular weight is 329 g/mol. The first kappa shape index (κ1) is 16.6. The fourth-order valence-electron chi connectivity index (χ4n) is 2.68. The summed E-state index contributed by atoms with van der Waals surface area (Å²) in [6.45, 7) is 5.37. The fourth-order valence-corrected chi connectivity index (χ4v) is 2.68. The summed E-state index contributed by atoms with van der Waals surface area (Å²) in [7, 11) is 0. The topological polar surface area (TPSA) is 83.1 Å². The van der Waals surface area contributed by atoms with E-state index in [9.17, 15) is 4.79 Å². The minimum Gasteiger partial charge on any atom is -0.379 e. The van der Waals surface area contributed by atoms with Gasteiger partial charge in [0.25, 0.3) is 5.56 Å². The number of rotatable bonds is 7. The molecular formula is C17H23N5O2. The highest BCUT2D eigenvalue weighted by Crippen LogP contribution is 2.03. The molecule has 2 heterocycles. The maximum Gasteiger partial charge on any atom is 0.274 e. The normalized spacial score (nSPS) is 15.3. The summed E-state index contributed by atoms with van der Waals surface area (Å²) in [6.07, 6.45) is 1.47. The highest BCUT2D eigenvalue weighted by atomic mass is 16.5. The van der Waals surface area contributed by atoms with E-state index < -0.39 is 0 Å². The molecule has 128 valence electrons. The lowest BCUT2D eigenvalue weighted by atomic mass is 10.1. The summed E-state index contributed by atoms with van der Waals surface area (Å²) in [5.41, 5.74) is 1.29. The molecule has 0 bridgehead atoms. The van der Waals surface area contributed by atoms with E-state index in [-0.39, 0.29) is 5.56 Å². The number of aromatic nitrogens is 3. The Morgan fingerprint density at radius 2 is 1.96 bits per heavy atom. The molecule has 7 nitrogen and oxygen atoms in total. The Balaban J connectivity index is 1.46. The van der Waals surface area contributed by atoms with Gasteiger partial charge in [0.15, 0.2) is 0 Å². The number of benzene rings is 1. The molecule has 0 spiro atoms. The Bertz CT molecular complexity index is 683. The third kappa shape index (κ3) is 4.87. The minimum atomic E-state index is -0.190. The number of H-pyrrole nitrogens is 1. The Morgan fingerprint density at radius 3 is 2.71 bits per heavy atom. The molecule has 0 atom stereocenters. The van der Waals surface area contributed by atoms with Crippen LogP contribution in [-0.2, 0) is 11.2 Å². The van der Waals surface area contributed by atoms with Crippen molar-refractivity contribution in [3.05, 3.63) is 51.9 Å². The van der Waals surface area contributed by atoms with E-state index in [0.29, 0.717) is 18.1 Å². The van der Waals surface area contributed by atoms with Crippen molar-refractivity contribution in [2.45, 2.75) is 12.8 Å². The van der Waals surface area contributed by atoms with Crippen LogP contribution in [0.25, 0.3) is 0 Å². The quantitative estimate of drug-likeness (QED) is 0.734. The van der Waals surface area contributed by atoms with Crippen molar-refractivity contribution in [2.75, 3.05) is 44.7 Å². The van der Waals surface area contributed by atoms with Crippen LogP contribution in [0.4, 0.5) is 5.95 Å². The zero-order chi connectivity index (χ0) is 16.6. The van der Waals surface area contributed by atoms with Crippen LogP contribution in [0, 0.1) is 0 Å². The highest BCUT2D eigenvalue weighted by molar-refractivity contribution is 5.24. The number of nitrogens with one attached hydrogen (secondary N) is 2. The molecule has 1 aliphatic rings. The van der Waals surface area contributed by atoms with Crippen LogP contribution in [0.5, 0.6) is 0 Å². The van der Waals surface area contributed by atoms with Gasteiger partial charge in [0, 0.05) is 26.1 Å². The van der Waals surface area contributed by atoms with Crippen LogP contribution in [-0.4, -0.2) is 59.5 Å². The van der Waals surface area contributed by atoms with Gasteiger partial charge in [0.1, 0.15) is 5.69 Å². The molecule has 1 aromatic heterocycles. The summed E-state index contributed by atoms with van der Waals surface area (Å²) in [6, 6.07) is 9.78. The molecule has 1 aromatic carbocycles. The Morgan fingerprint density at radius 1 is 1.17 bits per heavy atom. The maximum atomic E-state index is 12.1. The lowest BCUT2D eigenvalue weighted by Crippen LogP contribution is -2.37. The molecule has 2 aromatic rings. The number of ether oxygens (including phenoxy) is 1. The lowest BCUT2D eigenvalue weighted by molar-refractivity contribution is 0.0378. The Kier molecular flexibility index (Phi) is 5.92. The average Bonchev–Trinajstić information content (AvgIpc) is 2.63. The van der Waals surface area contributed by atoms with E-state index in [0.717, 1.165) is 51.4 Å². The summed E-state index contributed by atoms with van der Waals surface area (Å²) in [5, 5.41) is 11.3. The predicted octanol–water partition coefficient (Wildman–Crippen LogP) is 0.890. The molecule has 0 aliphatic carbocycles. The third-order valence-corrected chi connectivity index (χ3v) is 4.03. The van der Waals surface area contributed by atoms with Gasteiger partial charge in [0.2, 0.25) is 5.95 Å². The van der Waals surface area contributed by atoms with Gasteiger partial charge >= 0.3 is 0 Å². The first-order valence-corrected chi connectivity index (χ1v) is 8.35. The predicted molar refractivity (Wildman–Crippen MR) is 92.3 cm³/mol. The number of hydrogen-bond donors (Lipinski definition) is 2. The monoisotopic (exact) mass is 329 g/mol. The van der Waals surface area contributed by atoms with Crippen LogP contribution in [0.3, 0.4) is 0 Å². The number of morpholine rings is 1. The number of hydrogen-bond acceptors (Lipinski definition) is 6. The molecule has 3 rings (SSSR count). The SMILES string of the molecule is O=c1[nH]c(NCCCN2CCOCC2)nnc1Cc1ccccc1. The molecule has 0 radical (unpaired) electrons. The van der Waals surface area contributed by atoms with Gasteiger partial charge in [-0.2, -0.15) is 0 Å². The second-order valence-electron chi connectivity index (χ2n) is 5.85. The highest BCUT2D eigenvalue weighted by Gasteiger charge is 2.09. The molecule has 24 heavy (non-hydrogen) atoms. The first-order chi connectivity index (χ1) is 11.8. The molecule has 7 heteroatoms. The van der Waals surface area contributed by atoms with Crippen molar-refractivity contribution < 1.29 is 4.74 Å². The van der Waals surface area contributed by atoms with Gasteiger partial charge in [-0.15, -0.1) is 10.2 Å². The van der Waals surface area contributed by atoms with Crippen molar-refractivity contribution in [1.82, 2.24) is 20.1 Å². The van der Waals surface area contributed by atoms with Crippen LogP contribution >= 0.6 is 0 Å². The van der Waals surface area contributed by atoms with Gasteiger partial charge in [-0.1, -0.05) is 30.3 Å². The van der Waals surface area contributed by atoms with Gasteiger partial charge < -0.3 is 10.1 Å². The van der Waals surface area contributed by atoms with Crippen molar-refractivity contribution in [1.29, 1.82) is 0 Å². The maximum absolute atomic E-state index is 12.1. The molecule has 1 aliphatic heterocycles. The zero-order valence-electron chi connectivity index (χ0n) is 13.7. The summed E-state index contributed by atoms with van der Waals surface area (Å²) in [4.78, 5) is 17.2. The van der Waals surface area contributed by atoms with Crippen molar-refractivity contribution in [3.8, 4) is 0 Å². The summed E-state index contributed by atoms with van der Waals surface area (Å²) < 4.78 is 5.33. The van der Waals surface area contributed by atoms with Gasteiger partial charge in [0.05, 0.1) is 13.2 Å². The van der Waals surface area contributed by atoms with Gasteiger partial charge in [-0.3, -0.25) is 14.7 Å². The molecule has 0 unspecified atom stereocenters. The van der Waals surface area contributed by atoms with Gasteiger partial charge in [-0.25, -0.2) is 0 Å². The number of anilines is 1. The molecular weight excluding hydrogens is 306 g/mol. The fraction of sp³-hybridized carbons (Fsp3) is 0.471. The molecule has 2 N–H and O–H groups in total. The van der Waals surface area contributed by atoms with E-state index in [2.05, 4.69) is 25.4 Å². The molecule has 0 amide bonds. The molecule has 1 fully saturated rings. The lowest BCUT2D eigenvalue weighted by Gasteiger charge is -2.26. The zero-order valence-corrected chi connectivity index (χ0v) is 13.7. The van der Waals surface area contributed by atoms with Crippen LogP contribution in [0.2, 0.25) is 0 Å². The van der Waals surface area contributed by atoms with E-state index in [1.54, 1.807) is 0 Å². The number of aromatic amines is 1. The standard InChI is InChI=1S/C17H23N5O2/c23-16-15(13-14-5-2-1-3-6-14)20-21-17(19-16)18-7-4-8-22-9-11-24-12-10-22/h1-3,5-6H,4,7-13H2,(H2,18,19,21,23).